The van der Waals surface area contributed by atoms with Gasteiger partial charge in [-0.15, -0.1) is 11.3 Å². The van der Waals surface area contributed by atoms with Crippen molar-refractivity contribution in [2.75, 3.05) is 0 Å². The van der Waals surface area contributed by atoms with Crippen LogP contribution in [0, 0.1) is 0 Å². The zero-order valence-corrected chi connectivity index (χ0v) is 9.12. The molecule has 0 fully saturated rings. The van der Waals surface area contributed by atoms with Crippen molar-refractivity contribution in [2.24, 2.45) is 0 Å². The maximum Gasteiger partial charge on any atom is 0.173 e. The van der Waals surface area contributed by atoms with E-state index in [0.717, 1.165) is 24.1 Å². The van der Waals surface area contributed by atoms with Crippen LogP contribution in [0.15, 0.2) is 11.4 Å². The van der Waals surface area contributed by atoms with E-state index in [2.05, 4.69) is 19.9 Å². The molecule has 0 unspecified atom stereocenters. The molecule has 0 amide bonds. The van der Waals surface area contributed by atoms with Crippen LogP contribution in [-0.4, -0.2) is 5.78 Å². The second-order valence-electron chi connectivity index (χ2n) is 3.16. The summed E-state index contributed by atoms with van der Waals surface area (Å²) in [7, 11) is 0. The van der Waals surface area contributed by atoms with Gasteiger partial charge in [0.2, 0.25) is 0 Å². The van der Waals surface area contributed by atoms with Gasteiger partial charge in [-0.05, 0) is 29.9 Å². The molecule has 0 N–H and O–H groups in total. The largest absolute Gasteiger partial charge is 0.293 e. The molecule has 0 atom stereocenters. The average Bonchev–Trinajstić information content (AvgIpc) is 2.61. The second kappa shape index (κ2) is 5.18. The van der Waals surface area contributed by atoms with Gasteiger partial charge in [-0.3, -0.25) is 4.79 Å². The summed E-state index contributed by atoms with van der Waals surface area (Å²) < 4.78 is 0. The van der Waals surface area contributed by atoms with Crippen LogP contribution in [0.25, 0.3) is 0 Å². The maximum atomic E-state index is 11.7. The Labute approximate surface area is 83.8 Å². The fourth-order valence-corrected chi connectivity index (χ4v) is 2.28. The molecule has 0 bridgehead atoms. The Balaban J connectivity index is 2.65. The van der Waals surface area contributed by atoms with Gasteiger partial charge in [-0.1, -0.05) is 20.3 Å². The number of hydrogen-bond acceptors (Lipinski definition) is 2. The monoisotopic (exact) mass is 196 g/mol. The Morgan fingerprint density at radius 2 is 2.23 bits per heavy atom. The maximum absolute atomic E-state index is 11.7. The first-order chi connectivity index (χ1) is 6.29. The molecular formula is C11H16OS. The molecule has 0 spiro atoms. The summed E-state index contributed by atoms with van der Waals surface area (Å²) in [5.74, 6) is 0.328. The Morgan fingerprint density at radius 1 is 1.46 bits per heavy atom. The average molecular weight is 196 g/mol. The molecule has 72 valence electrons. The van der Waals surface area contributed by atoms with Crippen LogP contribution in [0.3, 0.4) is 0 Å². The lowest BCUT2D eigenvalue weighted by molar-refractivity contribution is 0.0983. The number of thiophene rings is 1. The minimum absolute atomic E-state index is 0.328. The topological polar surface area (TPSA) is 17.1 Å². The van der Waals surface area contributed by atoms with Crippen LogP contribution in [-0.2, 0) is 6.42 Å². The molecule has 1 aromatic rings. The summed E-state index contributed by atoms with van der Waals surface area (Å²) in [6, 6.07) is 2.06. The molecular weight excluding hydrogens is 180 g/mol. The number of unbranched alkanes of at least 4 members (excludes halogenated alkanes) is 1. The third kappa shape index (κ3) is 2.66. The minimum atomic E-state index is 0.328. The van der Waals surface area contributed by atoms with Crippen molar-refractivity contribution in [2.45, 2.75) is 39.5 Å². The van der Waals surface area contributed by atoms with E-state index in [9.17, 15) is 4.79 Å². The molecule has 0 saturated heterocycles. The van der Waals surface area contributed by atoms with Crippen molar-refractivity contribution < 1.29 is 4.79 Å². The molecule has 1 rings (SSSR count). The van der Waals surface area contributed by atoms with E-state index in [0.29, 0.717) is 12.2 Å². The van der Waals surface area contributed by atoms with Gasteiger partial charge < -0.3 is 0 Å². The number of hydrogen-bond donors (Lipinski definition) is 0. The van der Waals surface area contributed by atoms with E-state index in [1.54, 1.807) is 11.3 Å². The molecule has 0 aromatic carbocycles. The number of aryl methyl sites for hydroxylation is 1. The van der Waals surface area contributed by atoms with Crippen molar-refractivity contribution in [3.8, 4) is 0 Å². The molecule has 2 heteroatoms. The van der Waals surface area contributed by atoms with Crippen LogP contribution in [0.2, 0.25) is 0 Å². The van der Waals surface area contributed by atoms with Crippen molar-refractivity contribution in [1.82, 2.24) is 0 Å². The summed E-state index contributed by atoms with van der Waals surface area (Å²) in [6.07, 6.45) is 3.79. The van der Waals surface area contributed by atoms with Gasteiger partial charge in [-0.25, -0.2) is 0 Å². The zero-order chi connectivity index (χ0) is 9.68. The molecule has 1 aromatic heterocycles. The molecule has 0 saturated carbocycles. The van der Waals surface area contributed by atoms with Gasteiger partial charge in [-0.2, -0.15) is 0 Å². The molecule has 0 aliphatic carbocycles. The van der Waals surface area contributed by atoms with Crippen molar-refractivity contribution in [3.05, 3.63) is 21.9 Å². The number of rotatable bonds is 5. The molecule has 13 heavy (non-hydrogen) atoms. The summed E-state index contributed by atoms with van der Waals surface area (Å²) in [4.78, 5) is 12.6. The van der Waals surface area contributed by atoms with Crippen LogP contribution in [0.1, 0.15) is 48.3 Å². The van der Waals surface area contributed by atoms with Gasteiger partial charge in [0.15, 0.2) is 5.78 Å². The highest BCUT2D eigenvalue weighted by molar-refractivity contribution is 7.12. The van der Waals surface area contributed by atoms with Crippen molar-refractivity contribution in [1.29, 1.82) is 0 Å². The first-order valence-electron chi connectivity index (χ1n) is 4.89. The van der Waals surface area contributed by atoms with Crippen molar-refractivity contribution in [3.63, 3.8) is 0 Å². The summed E-state index contributed by atoms with van der Waals surface area (Å²) in [5.41, 5.74) is 1.21. The lowest BCUT2D eigenvalue weighted by Crippen LogP contribution is -1.98. The SMILES string of the molecule is CCCCC(=O)c1sccc1CC. The number of Topliss-reactive ketones (excluding diaryl/α,β-unsaturated/α-hetero) is 1. The van der Waals surface area contributed by atoms with E-state index in [1.807, 2.05) is 5.38 Å². The fourth-order valence-electron chi connectivity index (χ4n) is 1.31. The second-order valence-corrected chi connectivity index (χ2v) is 4.07. The predicted molar refractivity (Wildman–Crippen MR) is 57.6 cm³/mol. The third-order valence-corrected chi connectivity index (χ3v) is 3.14. The summed E-state index contributed by atoms with van der Waals surface area (Å²) in [5, 5.41) is 2.01. The van der Waals surface area contributed by atoms with E-state index in [1.165, 1.54) is 5.56 Å². The molecule has 0 aliphatic rings. The number of ketones is 1. The number of carbonyl (C=O) groups excluding carboxylic acids is 1. The zero-order valence-electron chi connectivity index (χ0n) is 8.30. The Bertz CT molecular complexity index is 275. The van der Waals surface area contributed by atoms with E-state index in [-0.39, 0.29) is 0 Å². The van der Waals surface area contributed by atoms with Crippen molar-refractivity contribution >= 4 is 17.1 Å². The van der Waals surface area contributed by atoms with Crippen LogP contribution >= 0.6 is 11.3 Å². The smallest absolute Gasteiger partial charge is 0.173 e. The fraction of sp³-hybridized carbons (Fsp3) is 0.545. The Kier molecular flexibility index (Phi) is 4.16. The van der Waals surface area contributed by atoms with Crippen LogP contribution in [0.4, 0.5) is 0 Å². The highest BCUT2D eigenvalue weighted by atomic mass is 32.1. The first kappa shape index (κ1) is 10.5. The highest BCUT2D eigenvalue weighted by Crippen LogP contribution is 2.19. The lowest BCUT2D eigenvalue weighted by Gasteiger charge is -1.99. The first-order valence-corrected chi connectivity index (χ1v) is 5.77. The quantitative estimate of drug-likeness (QED) is 0.656. The number of carbonyl (C=O) groups is 1. The third-order valence-electron chi connectivity index (χ3n) is 2.14. The van der Waals surface area contributed by atoms with Gasteiger partial charge in [0.05, 0.1) is 4.88 Å². The van der Waals surface area contributed by atoms with E-state index in [4.69, 9.17) is 0 Å². The van der Waals surface area contributed by atoms with Gasteiger partial charge in [0.1, 0.15) is 0 Å². The molecule has 0 aliphatic heterocycles. The Hall–Kier alpha value is -0.630. The molecule has 1 nitrogen and oxygen atoms in total. The van der Waals surface area contributed by atoms with E-state index >= 15 is 0 Å². The van der Waals surface area contributed by atoms with Gasteiger partial charge in [0.25, 0.3) is 0 Å². The Morgan fingerprint density at radius 3 is 2.85 bits per heavy atom. The van der Waals surface area contributed by atoms with Gasteiger partial charge >= 0.3 is 0 Å². The standard InChI is InChI=1S/C11H16OS/c1-3-5-6-10(12)11-9(4-2)7-8-13-11/h7-8H,3-6H2,1-2H3. The van der Waals surface area contributed by atoms with Gasteiger partial charge in [0, 0.05) is 6.42 Å². The molecule has 1 heterocycles. The highest BCUT2D eigenvalue weighted by Gasteiger charge is 2.10. The normalized spacial score (nSPS) is 10.3. The van der Waals surface area contributed by atoms with Crippen LogP contribution in [0.5, 0.6) is 0 Å². The summed E-state index contributed by atoms with van der Waals surface area (Å²) in [6.45, 7) is 4.21. The molecule has 0 radical (unpaired) electrons. The predicted octanol–water partition coefficient (Wildman–Crippen LogP) is 3.68. The minimum Gasteiger partial charge on any atom is -0.293 e. The van der Waals surface area contributed by atoms with E-state index < -0.39 is 0 Å². The lowest BCUT2D eigenvalue weighted by atomic mass is 10.1. The summed E-state index contributed by atoms with van der Waals surface area (Å²) >= 11 is 1.58. The van der Waals surface area contributed by atoms with Crippen LogP contribution < -0.4 is 0 Å².